The van der Waals surface area contributed by atoms with E-state index >= 15 is 0 Å². The highest BCUT2D eigenvalue weighted by molar-refractivity contribution is 7.89. The summed E-state index contributed by atoms with van der Waals surface area (Å²) in [6.07, 6.45) is -2.51. The van der Waals surface area contributed by atoms with E-state index in [2.05, 4.69) is 15.0 Å². The predicted molar refractivity (Wildman–Crippen MR) is 131 cm³/mol. The van der Waals surface area contributed by atoms with Crippen LogP contribution in [0.25, 0.3) is 11.1 Å². The zero-order chi connectivity index (χ0) is 29.4. The monoisotopic (exact) mass is 586 g/mol. The van der Waals surface area contributed by atoms with Gasteiger partial charge in [-0.1, -0.05) is 0 Å². The van der Waals surface area contributed by atoms with Gasteiger partial charge in [0.15, 0.2) is 11.6 Å². The number of carbonyl (C=O) groups is 1. The number of carbonyl (C=O) groups excluding carboxylic acids is 1. The Morgan fingerprint density at radius 3 is 2.25 bits per heavy atom. The highest BCUT2D eigenvalue weighted by Gasteiger charge is 2.48. The van der Waals surface area contributed by atoms with Gasteiger partial charge in [-0.05, 0) is 49.2 Å². The fraction of sp³-hybridized carbons (Fsp3) is 0.385. The van der Waals surface area contributed by atoms with Crippen LogP contribution in [0.15, 0.2) is 53.8 Å². The first kappa shape index (κ1) is 29.6. The third-order valence-corrected chi connectivity index (χ3v) is 8.68. The summed E-state index contributed by atoms with van der Waals surface area (Å²) in [5.41, 5.74) is -0.207. The van der Waals surface area contributed by atoms with E-state index in [4.69, 9.17) is 0 Å². The second kappa shape index (κ2) is 11.2. The number of alkyl halides is 5. The highest BCUT2D eigenvalue weighted by Crippen LogP contribution is 2.35. The van der Waals surface area contributed by atoms with Crippen LogP contribution in [-0.4, -0.2) is 51.7 Å². The van der Waals surface area contributed by atoms with E-state index in [0.717, 1.165) is 47.2 Å². The number of Topliss-reactive ketones (excluding diaryl/α,β-unsaturated/α-hetero) is 1. The smallest absolute Gasteiger partial charge is 0.298 e. The fourth-order valence-corrected chi connectivity index (χ4v) is 6.38. The minimum absolute atomic E-state index is 0.0402. The number of ketones is 1. The van der Waals surface area contributed by atoms with Gasteiger partial charge >= 0.3 is 5.92 Å². The minimum Gasteiger partial charge on any atom is -0.298 e. The Balaban J connectivity index is 1.58. The van der Waals surface area contributed by atoms with Crippen molar-refractivity contribution >= 4 is 15.8 Å². The number of rotatable bonds is 9. The van der Waals surface area contributed by atoms with Crippen LogP contribution in [0.3, 0.4) is 0 Å². The molecule has 0 saturated carbocycles. The minimum atomic E-state index is -4.39. The lowest BCUT2D eigenvalue weighted by molar-refractivity contribution is -0.122. The maximum atomic E-state index is 14.7. The predicted octanol–water partition coefficient (Wildman–Crippen LogP) is 5.42. The molecule has 3 heterocycles. The van der Waals surface area contributed by atoms with Crippen molar-refractivity contribution in [3.63, 3.8) is 0 Å². The molecule has 0 N–H and O–H groups in total. The third kappa shape index (κ3) is 6.02. The van der Waals surface area contributed by atoms with Crippen LogP contribution in [0.4, 0.5) is 26.3 Å². The average Bonchev–Trinajstić information content (AvgIpc) is 3.21. The molecule has 40 heavy (non-hydrogen) atoms. The Morgan fingerprint density at radius 1 is 1.07 bits per heavy atom. The molecule has 0 bridgehead atoms. The molecule has 0 amide bonds. The molecule has 1 aliphatic rings. The second-order valence-corrected chi connectivity index (χ2v) is 11.4. The zero-order valence-corrected chi connectivity index (χ0v) is 22.1. The van der Waals surface area contributed by atoms with Gasteiger partial charge in [0, 0.05) is 49.5 Å². The van der Waals surface area contributed by atoms with E-state index in [9.17, 15) is 39.6 Å². The van der Waals surface area contributed by atoms with Crippen LogP contribution in [-0.2, 0) is 27.2 Å². The average molecular weight is 587 g/mol. The summed E-state index contributed by atoms with van der Waals surface area (Å²) in [5.74, 6) is -5.38. The topological polar surface area (TPSA) is 93.1 Å². The number of aryl methyl sites for hydroxylation is 1. The molecule has 1 aromatic carbocycles. The molecule has 2 aromatic heterocycles. The van der Waals surface area contributed by atoms with Crippen molar-refractivity contribution < 1.29 is 39.6 Å². The van der Waals surface area contributed by atoms with E-state index < -0.39 is 76.6 Å². The summed E-state index contributed by atoms with van der Waals surface area (Å²) >= 11 is 0. The van der Waals surface area contributed by atoms with Gasteiger partial charge in [-0.2, -0.15) is 13.1 Å². The van der Waals surface area contributed by atoms with E-state index in [1.807, 2.05) is 0 Å². The highest BCUT2D eigenvalue weighted by atomic mass is 32.2. The van der Waals surface area contributed by atoms with Crippen LogP contribution < -0.4 is 0 Å². The number of halogens is 6. The normalized spacial score (nSPS) is 20.3. The van der Waals surface area contributed by atoms with Crippen LogP contribution in [0.5, 0.6) is 0 Å². The standard InChI is InChI=1S/C26H24F6N4O3S/c1-14-20(28)10-21(36(14)40(38,39)19-6-4-18(27)5-7-19)22(37)8-3-15-9-16(11-33-23(15)24(29)30)17-12-34-25(35-13-17)26(2,31)32/h4-7,9,11-14,20-21,24H,3,8,10H2,1-2H3/t14-,20+,21-/m0/s1. The van der Waals surface area contributed by atoms with E-state index in [-0.39, 0.29) is 28.0 Å². The first-order valence-electron chi connectivity index (χ1n) is 12.1. The second-order valence-electron chi connectivity index (χ2n) is 9.52. The van der Waals surface area contributed by atoms with Gasteiger partial charge < -0.3 is 0 Å². The van der Waals surface area contributed by atoms with Crippen LogP contribution in [0, 0.1) is 5.82 Å². The molecule has 1 saturated heterocycles. The molecule has 0 radical (unpaired) electrons. The molecular weight excluding hydrogens is 562 g/mol. The molecular formula is C26H24F6N4O3S. The van der Waals surface area contributed by atoms with E-state index in [1.54, 1.807) is 0 Å². The third-order valence-electron chi connectivity index (χ3n) is 6.67. The number of benzene rings is 1. The summed E-state index contributed by atoms with van der Waals surface area (Å²) in [6, 6.07) is 2.58. The lowest BCUT2D eigenvalue weighted by atomic mass is 9.99. The maximum Gasteiger partial charge on any atom is 0.303 e. The van der Waals surface area contributed by atoms with Crippen molar-refractivity contribution in [1.82, 2.24) is 19.3 Å². The molecule has 14 heteroatoms. The zero-order valence-electron chi connectivity index (χ0n) is 21.2. The Bertz CT molecular complexity index is 1480. The van der Waals surface area contributed by atoms with Gasteiger partial charge in [0.1, 0.15) is 17.7 Å². The number of pyridine rings is 1. The summed E-state index contributed by atoms with van der Waals surface area (Å²) in [4.78, 5) is 23.8. The van der Waals surface area contributed by atoms with Crippen molar-refractivity contribution in [3.05, 3.63) is 71.8 Å². The van der Waals surface area contributed by atoms with Crippen molar-refractivity contribution in [3.8, 4) is 11.1 Å². The van der Waals surface area contributed by atoms with Crippen LogP contribution in [0.2, 0.25) is 0 Å². The molecule has 0 spiro atoms. The first-order chi connectivity index (χ1) is 18.7. The molecule has 0 unspecified atom stereocenters. The van der Waals surface area contributed by atoms with Gasteiger partial charge in [0.05, 0.1) is 17.0 Å². The molecule has 7 nitrogen and oxygen atoms in total. The fourth-order valence-electron chi connectivity index (χ4n) is 4.55. The van der Waals surface area contributed by atoms with Crippen molar-refractivity contribution in [2.24, 2.45) is 0 Å². The van der Waals surface area contributed by atoms with E-state index in [0.29, 0.717) is 6.92 Å². The maximum absolute atomic E-state index is 14.7. The van der Waals surface area contributed by atoms with Crippen molar-refractivity contribution in [2.75, 3.05) is 0 Å². The SMILES string of the molecule is C[C@H]1[C@H](F)C[C@@H](C(=O)CCc2cc(-c3cnc(C(C)(F)F)nc3)cnc2C(F)F)N1S(=O)(=O)c1ccc(F)cc1. The van der Waals surface area contributed by atoms with Crippen LogP contribution >= 0.6 is 0 Å². The number of sulfonamides is 1. The molecule has 4 rings (SSSR count). The summed E-state index contributed by atoms with van der Waals surface area (Å²) in [7, 11) is -4.39. The lowest BCUT2D eigenvalue weighted by Crippen LogP contribution is -2.44. The Kier molecular flexibility index (Phi) is 8.31. The quantitative estimate of drug-likeness (QED) is 0.311. The molecule has 214 valence electrons. The van der Waals surface area contributed by atoms with Gasteiger partial charge in [-0.15, -0.1) is 0 Å². The number of nitrogens with zero attached hydrogens (tertiary/aromatic N) is 4. The van der Waals surface area contributed by atoms with Gasteiger partial charge in [-0.3, -0.25) is 9.78 Å². The summed E-state index contributed by atoms with van der Waals surface area (Å²) < 4.78 is 109. The van der Waals surface area contributed by atoms with Crippen molar-refractivity contribution in [1.29, 1.82) is 0 Å². The van der Waals surface area contributed by atoms with E-state index in [1.165, 1.54) is 13.0 Å². The Labute approximate surface area is 226 Å². The molecule has 3 aromatic rings. The van der Waals surface area contributed by atoms with Crippen LogP contribution in [0.1, 0.15) is 50.2 Å². The molecule has 3 atom stereocenters. The molecule has 1 fully saturated rings. The Morgan fingerprint density at radius 2 is 1.68 bits per heavy atom. The molecule has 0 aliphatic carbocycles. The summed E-state index contributed by atoms with van der Waals surface area (Å²) in [5, 5.41) is 0. The van der Waals surface area contributed by atoms with Crippen molar-refractivity contribution in [2.45, 2.75) is 68.6 Å². The number of aromatic nitrogens is 3. The van der Waals surface area contributed by atoms with Gasteiger partial charge in [0.2, 0.25) is 10.0 Å². The van der Waals surface area contributed by atoms with Gasteiger partial charge in [-0.25, -0.2) is 35.9 Å². The number of hydrogen-bond acceptors (Lipinski definition) is 6. The first-order valence-corrected chi connectivity index (χ1v) is 13.6. The lowest BCUT2D eigenvalue weighted by Gasteiger charge is -2.27. The number of hydrogen-bond donors (Lipinski definition) is 0. The van der Waals surface area contributed by atoms with Gasteiger partial charge in [0.25, 0.3) is 6.43 Å². The molecule has 1 aliphatic heterocycles. The largest absolute Gasteiger partial charge is 0.303 e. The Hall–Kier alpha value is -3.39. The summed E-state index contributed by atoms with van der Waals surface area (Å²) in [6.45, 7) is 1.93.